The number of benzene rings is 3. The van der Waals surface area contributed by atoms with Gasteiger partial charge in [-0.1, -0.05) is 42.5 Å². The molecule has 0 saturated carbocycles. The van der Waals surface area contributed by atoms with Crippen molar-refractivity contribution in [3.8, 4) is 5.75 Å². The zero-order valence-electron chi connectivity index (χ0n) is 15.2. The van der Waals surface area contributed by atoms with Crippen molar-refractivity contribution in [2.45, 2.75) is 13.0 Å². The van der Waals surface area contributed by atoms with E-state index in [0.29, 0.717) is 11.4 Å². The van der Waals surface area contributed by atoms with E-state index < -0.39 is 6.10 Å². The summed E-state index contributed by atoms with van der Waals surface area (Å²) in [6.07, 6.45) is 2.37. The third-order valence-electron chi connectivity index (χ3n) is 4.24. The number of hydrogen-bond acceptors (Lipinski definition) is 5. The summed E-state index contributed by atoms with van der Waals surface area (Å²) in [5.41, 5.74) is 4.61. The molecule has 0 aliphatic heterocycles. The van der Waals surface area contributed by atoms with Crippen LogP contribution in [0.5, 0.6) is 5.75 Å². The van der Waals surface area contributed by atoms with Gasteiger partial charge in [0.1, 0.15) is 11.4 Å². The Hall–Kier alpha value is -3.80. The van der Waals surface area contributed by atoms with E-state index >= 15 is 0 Å². The van der Waals surface area contributed by atoms with Crippen LogP contribution in [0.15, 0.2) is 78.0 Å². The first-order chi connectivity index (χ1) is 13.7. The van der Waals surface area contributed by atoms with Gasteiger partial charge < -0.3 is 4.74 Å². The average Bonchev–Trinajstić information content (AvgIpc) is 2.73. The minimum atomic E-state index is -0.694. The summed E-state index contributed by atoms with van der Waals surface area (Å²) in [6, 6.07) is 21.3. The summed E-state index contributed by atoms with van der Waals surface area (Å²) in [7, 11) is 0. The summed E-state index contributed by atoms with van der Waals surface area (Å²) in [5, 5.41) is 6.13. The smallest absolute Gasteiger partial charge is 0.280 e. The highest BCUT2D eigenvalue weighted by Gasteiger charge is 2.14. The summed E-state index contributed by atoms with van der Waals surface area (Å²) in [6.45, 7) is 1.68. The second-order valence-electron chi connectivity index (χ2n) is 6.29. The third-order valence-corrected chi connectivity index (χ3v) is 4.24. The van der Waals surface area contributed by atoms with Crippen LogP contribution in [0.1, 0.15) is 12.6 Å². The fraction of sp³-hybridized carbons (Fsp3) is 0.0909. The number of ether oxygens (including phenoxy) is 1. The highest BCUT2D eigenvalue weighted by atomic mass is 16.5. The molecule has 1 amide bonds. The van der Waals surface area contributed by atoms with Gasteiger partial charge >= 0.3 is 0 Å². The lowest BCUT2D eigenvalue weighted by Crippen LogP contribution is -2.33. The zero-order chi connectivity index (χ0) is 19.3. The lowest BCUT2D eigenvalue weighted by molar-refractivity contribution is -0.127. The molecule has 4 aromatic rings. The van der Waals surface area contributed by atoms with Gasteiger partial charge in [-0.25, -0.2) is 10.4 Å². The number of nitrogens with zero attached hydrogens (tertiary/aromatic N) is 3. The molecule has 1 N–H and O–H groups in total. The number of nitrogens with one attached hydrogen (secondary N) is 1. The molecule has 0 aliphatic rings. The van der Waals surface area contributed by atoms with Crippen LogP contribution < -0.4 is 10.2 Å². The molecule has 0 aliphatic carbocycles. The van der Waals surface area contributed by atoms with Crippen LogP contribution in [0.25, 0.3) is 21.8 Å². The van der Waals surface area contributed by atoms with E-state index in [-0.39, 0.29) is 5.91 Å². The van der Waals surface area contributed by atoms with Gasteiger partial charge in [-0.15, -0.1) is 0 Å². The number of hydrogen-bond donors (Lipinski definition) is 1. The van der Waals surface area contributed by atoms with Gasteiger partial charge in [-0.3, -0.25) is 9.78 Å². The molecular formula is C22H18N4O2. The summed E-state index contributed by atoms with van der Waals surface area (Å²) < 4.78 is 5.73. The Morgan fingerprint density at radius 1 is 1.04 bits per heavy atom. The first kappa shape index (κ1) is 17.6. The van der Waals surface area contributed by atoms with Crippen LogP contribution >= 0.6 is 0 Å². The number of aromatic nitrogens is 2. The monoisotopic (exact) mass is 370 g/mol. The number of rotatable bonds is 5. The van der Waals surface area contributed by atoms with Crippen molar-refractivity contribution in [2.75, 3.05) is 0 Å². The first-order valence-electron chi connectivity index (χ1n) is 8.89. The van der Waals surface area contributed by atoms with Crippen molar-refractivity contribution in [3.63, 3.8) is 0 Å². The molecule has 0 radical (unpaired) electrons. The number of hydrazone groups is 1. The van der Waals surface area contributed by atoms with Crippen LogP contribution in [-0.2, 0) is 4.79 Å². The number of carbonyl (C=O) groups is 1. The van der Waals surface area contributed by atoms with E-state index in [2.05, 4.69) is 20.5 Å². The maximum atomic E-state index is 12.2. The predicted molar refractivity (Wildman–Crippen MR) is 109 cm³/mol. The zero-order valence-corrected chi connectivity index (χ0v) is 15.2. The Morgan fingerprint density at radius 2 is 1.79 bits per heavy atom. The Bertz CT molecular complexity index is 1170. The molecule has 6 heteroatoms. The SMILES string of the molecule is C[C@@H](Oc1ccc2ccccc2c1)C(=O)N/N=C\c1cnc2ccccc2n1. The number of amides is 1. The van der Waals surface area contributed by atoms with Crippen molar-refractivity contribution in [2.24, 2.45) is 5.10 Å². The molecule has 0 bridgehead atoms. The van der Waals surface area contributed by atoms with Crippen LogP contribution in [-0.4, -0.2) is 28.2 Å². The van der Waals surface area contributed by atoms with Crippen LogP contribution in [0.2, 0.25) is 0 Å². The summed E-state index contributed by atoms with van der Waals surface area (Å²) in [5.74, 6) is 0.281. The quantitative estimate of drug-likeness (QED) is 0.429. The van der Waals surface area contributed by atoms with Crippen LogP contribution in [0, 0.1) is 0 Å². The van der Waals surface area contributed by atoms with Crippen molar-refractivity contribution in [1.82, 2.24) is 15.4 Å². The van der Waals surface area contributed by atoms with E-state index in [0.717, 1.165) is 21.8 Å². The maximum Gasteiger partial charge on any atom is 0.280 e. The van der Waals surface area contributed by atoms with Gasteiger partial charge in [0.15, 0.2) is 6.10 Å². The largest absolute Gasteiger partial charge is 0.481 e. The van der Waals surface area contributed by atoms with Crippen molar-refractivity contribution >= 4 is 33.9 Å². The molecule has 6 nitrogen and oxygen atoms in total. The van der Waals surface area contributed by atoms with Gasteiger partial charge in [0.25, 0.3) is 5.91 Å². The molecular weight excluding hydrogens is 352 g/mol. The van der Waals surface area contributed by atoms with E-state index in [1.807, 2.05) is 66.7 Å². The second-order valence-corrected chi connectivity index (χ2v) is 6.29. The molecule has 4 rings (SSSR count). The van der Waals surface area contributed by atoms with Crippen molar-refractivity contribution < 1.29 is 9.53 Å². The summed E-state index contributed by atoms with van der Waals surface area (Å²) in [4.78, 5) is 21.0. The Kier molecular flexibility index (Phi) is 4.93. The molecule has 1 aromatic heterocycles. The fourth-order valence-electron chi connectivity index (χ4n) is 2.78. The molecule has 3 aromatic carbocycles. The standard InChI is InChI=1S/C22H18N4O2/c1-15(28-19-11-10-16-6-2-3-7-17(16)12-19)22(27)26-24-14-18-13-23-20-8-4-5-9-21(20)25-18/h2-15H,1H3,(H,26,27)/b24-14-/t15-/m1/s1. The van der Waals surface area contributed by atoms with E-state index in [9.17, 15) is 4.79 Å². The van der Waals surface area contributed by atoms with Gasteiger partial charge in [0.2, 0.25) is 0 Å². The topological polar surface area (TPSA) is 76.5 Å². The number of para-hydroxylation sites is 2. The van der Waals surface area contributed by atoms with Crippen molar-refractivity contribution in [1.29, 1.82) is 0 Å². The molecule has 28 heavy (non-hydrogen) atoms. The predicted octanol–water partition coefficient (Wildman–Crippen LogP) is 3.70. The van der Waals surface area contributed by atoms with Gasteiger partial charge in [0.05, 0.1) is 23.4 Å². The molecule has 0 spiro atoms. The Morgan fingerprint density at radius 3 is 2.64 bits per heavy atom. The van der Waals surface area contributed by atoms with Gasteiger partial charge in [0, 0.05) is 0 Å². The highest BCUT2D eigenvalue weighted by molar-refractivity contribution is 5.86. The van der Waals surface area contributed by atoms with Gasteiger partial charge in [-0.2, -0.15) is 5.10 Å². The van der Waals surface area contributed by atoms with E-state index in [1.54, 1.807) is 13.1 Å². The van der Waals surface area contributed by atoms with Gasteiger partial charge in [-0.05, 0) is 42.0 Å². The first-order valence-corrected chi connectivity index (χ1v) is 8.89. The highest BCUT2D eigenvalue weighted by Crippen LogP contribution is 2.21. The minimum Gasteiger partial charge on any atom is -0.481 e. The van der Waals surface area contributed by atoms with E-state index in [1.165, 1.54) is 6.21 Å². The fourth-order valence-corrected chi connectivity index (χ4v) is 2.78. The molecule has 0 saturated heterocycles. The Labute approximate surface area is 161 Å². The normalized spacial score (nSPS) is 12.3. The lowest BCUT2D eigenvalue weighted by Gasteiger charge is -2.13. The molecule has 1 heterocycles. The molecule has 0 fully saturated rings. The van der Waals surface area contributed by atoms with Crippen molar-refractivity contribution in [3.05, 3.63) is 78.6 Å². The Balaban J connectivity index is 1.38. The minimum absolute atomic E-state index is 0.349. The van der Waals surface area contributed by atoms with Crippen LogP contribution in [0.3, 0.4) is 0 Å². The summed E-state index contributed by atoms with van der Waals surface area (Å²) >= 11 is 0. The second kappa shape index (κ2) is 7.84. The lowest BCUT2D eigenvalue weighted by atomic mass is 10.1. The number of fused-ring (bicyclic) bond motifs is 2. The third kappa shape index (κ3) is 3.96. The molecule has 138 valence electrons. The molecule has 1 atom stereocenters. The average molecular weight is 370 g/mol. The molecule has 0 unspecified atom stereocenters. The maximum absolute atomic E-state index is 12.2. The van der Waals surface area contributed by atoms with E-state index in [4.69, 9.17) is 4.74 Å². The van der Waals surface area contributed by atoms with Crippen LogP contribution in [0.4, 0.5) is 0 Å². The number of carbonyl (C=O) groups excluding carboxylic acids is 1.